The van der Waals surface area contributed by atoms with Crippen LogP contribution in [-0.2, 0) is 0 Å². The number of rotatable bonds is 2. The zero-order valence-electron chi connectivity index (χ0n) is 9.11. The second kappa shape index (κ2) is 4.44. The number of nitrogens with one attached hydrogen (secondary N) is 1. The van der Waals surface area contributed by atoms with Gasteiger partial charge in [0.15, 0.2) is 0 Å². The van der Waals surface area contributed by atoms with E-state index in [0.717, 1.165) is 25.3 Å². The third-order valence-corrected chi connectivity index (χ3v) is 3.86. The van der Waals surface area contributed by atoms with Gasteiger partial charge in [-0.25, -0.2) is 0 Å². The van der Waals surface area contributed by atoms with E-state index in [9.17, 15) is 0 Å². The second-order valence-corrected chi connectivity index (χ2v) is 5.15. The van der Waals surface area contributed by atoms with Crippen LogP contribution >= 0.6 is 11.3 Å². The quantitative estimate of drug-likeness (QED) is 0.861. The third-order valence-electron chi connectivity index (χ3n) is 2.98. The Kier molecular flexibility index (Phi) is 2.80. The smallest absolute Gasteiger partial charge is 0.121 e. The van der Waals surface area contributed by atoms with E-state index >= 15 is 0 Å². The number of piperidine rings is 1. The third kappa shape index (κ3) is 2.06. The Hall–Kier alpha value is -1.06. The number of thiophene rings is 1. The molecule has 0 saturated carbocycles. The summed E-state index contributed by atoms with van der Waals surface area (Å²) in [5.74, 6) is 1.00. The van der Waals surface area contributed by atoms with Gasteiger partial charge >= 0.3 is 0 Å². The molecule has 2 heterocycles. The van der Waals surface area contributed by atoms with E-state index in [2.05, 4.69) is 35.0 Å². The van der Waals surface area contributed by atoms with Crippen LogP contribution in [0.1, 0.15) is 12.8 Å². The number of ether oxygens (including phenoxy) is 1. The highest BCUT2D eigenvalue weighted by Crippen LogP contribution is 2.26. The van der Waals surface area contributed by atoms with Crippen molar-refractivity contribution in [3.8, 4) is 5.75 Å². The fraction of sp³-hybridized carbons (Fsp3) is 0.385. The topological polar surface area (TPSA) is 21.3 Å². The molecule has 1 aromatic carbocycles. The molecule has 1 aromatic heterocycles. The van der Waals surface area contributed by atoms with Crippen LogP contribution in [0, 0.1) is 0 Å². The molecule has 2 aromatic rings. The van der Waals surface area contributed by atoms with Crippen LogP contribution in [0.2, 0.25) is 0 Å². The molecular formula is C13H15NOS. The van der Waals surface area contributed by atoms with E-state index in [1.807, 2.05) is 0 Å². The van der Waals surface area contributed by atoms with Crippen molar-refractivity contribution >= 4 is 21.4 Å². The van der Waals surface area contributed by atoms with Crippen molar-refractivity contribution in [1.29, 1.82) is 0 Å². The van der Waals surface area contributed by atoms with Crippen LogP contribution in [0.4, 0.5) is 0 Å². The van der Waals surface area contributed by atoms with Crippen molar-refractivity contribution in [3.05, 3.63) is 29.6 Å². The highest BCUT2D eigenvalue weighted by molar-refractivity contribution is 7.17. The fourth-order valence-corrected chi connectivity index (χ4v) is 2.94. The summed E-state index contributed by atoms with van der Waals surface area (Å²) in [7, 11) is 0. The van der Waals surface area contributed by atoms with Crippen LogP contribution in [0.25, 0.3) is 10.1 Å². The zero-order chi connectivity index (χ0) is 10.8. The Morgan fingerprint density at radius 3 is 3.19 bits per heavy atom. The molecule has 0 radical (unpaired) electrons. The van der Waals surface area contributed by atoms with Crippen molar-refractivity contribution < 1.29 is 4.74 Å². The largest absolute Gasteiger partial charge is 0.489 e. The summed E-state index contributed by atoms with van der Waals surface area (Å²) >= 11 is 1.77. The van der Waals surface area contributed by atoms with Crippen LogP contribution in [0.5, 0.6) is 5.75 Å². The minimum atomic E-state index is 0.339. The van der Waals surface area contributed by atoms with Gasteiger partial charge in [-0.15, -0.1) is 11.3 Å². The first-order valence-corrected chi connectivity index (χ1v) is 6.64. The summed E-state index contributed by atoms with van der Waals surface area (Å²) in [6, 6.07) is 8.50. The predicted molar refractivity (Wildman–Crippen MR) is 68.3 cm³/mol. The highest BCUT2D eigenvalue weighted by Gasteiger charge is 2.14. The summed E-state index contributed by atoms with van der Waals surface area (Å²) in [4.78, 5) is 0. The maximum Gasteiger partial charge on any atom is 0.121 e. The monoisotopic (exact) mass is 233 g/mol. The summed E-state index contributed by atoms with van der Waals surface area (Å²) in [5.41, 5.74) is 0. The van der Waals surface area contributed by atoms with Gasteiger partial charge in [0, 0.05) is 11.2 Å². The normalized spacial score (nSPS) is 21.1. The molecular weight excluding hydrogens is 218 g/mol. The summed E-state index contributed by atoms with van der Waals surface area (Å²) in [6.45, 7) is 2.10. The molecule has 1 saturated heterocycles. The molecule has 0 aliphatic carbocycles. The Morgan fingerprint density at radius 1 is 1.31 bits per heavy atom. The molecule has 1 aliphatic rings. The van der Waals surface area contributed by atoms with Crippen LogP contribution in [-0.4, -0.2) is 19.2 Å². The minimum Gasteiger partial charge on any atom is -0.489 e. The standard InChI is InChI=1S/C13H15NOS/c1-2-12(9-14-6-1)15-11-4-3-10-5-7-16-13(10)8-11/h3-5,7-8,12,14H,1-2,6,9H2. The van der Waals surface area contributed by atoms with Gasteiger partial charge in [0.25, 0.3) is 0 Å². The van der Waals surface area contributed by atoms with E-state index in [4.69, 9.17) is 4.74 Å². The molecule has 0 bridgehead atoms. The molecule has 84 valence electrons. The summed E-state index contributed by atoms with van der Waals surface area (Å²) in [5, 5.41) is 6.79. The molecule has 3 heteroatoms. The Balaban J connectivity index is 1.77. The lowest BCUT2D eigenvalue weighted by Gasteiger charge is -2.23. The Morgan fingerprint density at radius 2 is 2.31 bits per heavy atom. The van der Waals surface area contributed by atoms with Gasteiger partial charge in [0.2, 0.25) is 0 Å². The van der Waals surface area contributed by atoms with E-state index in [0.29, 0.717) is 6.10 Å². The number of hydrogen-bond donors (Lipinski definition) is 1. The second-order valence-electron chi connectivity index (χ2n) is 4.21. The zero-order valence-corrected chi connectivity index (χ0v) is 9.93. The van der Waals surface area contributed by atoms with Crippen molar-refractivity contribution in [2.75, 3.05) is 13.1 Å². The summed E-state index contributed by atoms with van der Waals surface area (Å²) in [6.07, 6.45) is 2.72. The van der Waals surface area contributed by atoms with Crippen LogP contribution in [0.15, 0.2) is 29.6 Å². The Bertz CT molecular complexity index is 473. The first-order chi connectivity index (χ1) is 7.92. The average molecular weight is 233 g/mol. The van der Waals surface area contributed by atoms with Crippen molar-refractivity contribution in [1.82, 2.24) is 5.32 Å². The molecule has 1 N–H and O–H groups in total. The van der Waals surface area contributed by atoms with Crippen molar-refractivity contribution in [2.24, 2.45) is 0 Å². The van der Waals surface area contributed by atoms with Gasteiger partial charge in [0.05, 0.1) is 0 Å². The van der Waals surface area contributed by atoms with E-state index in [1.165, 1.54) is 16.5 Å². The SMILES string of the molecule is c1cc2ccc(OC3CCCNC3)cc2s1. The number of fused-ring (bicyclic) bond motifs is 1. The maximum atomic E-state index is 5.98. The first kappa shape index (κ1) is 10.1. The molecule has 1 aliphatic heterocycles. The maximum absolute atomic E-state index is 5.98. The van der Waals surface area contributed by atoms with E-state index in [-0.39, 0.29) is 0 Å². The van der Waals surface area contributed by atoms with Gasteiger partial charge in [-0.05, 0) is 54.4 Å². The molecule has 1 atom stereocenters. The predicted octanol–water partition coefficient (Wildman–Crippen LogP) is 3.03. The lowest BCUT2D eigenvalue weighted by Crippen LogP contribution is -2.37. The number of hydrogen-bond acceptors (Lipinski definition) is 3. The molecule has 1 unspecified atom stereocenters. The molecule has 0 amide bonds. The minimum absolute atomic E-state index is 0.339. The molecule has 3 rings (SSSR count). The van der Waals surface area contributed by atoms with E-state index in [1.54, 1.807) is 11.3 Å². The average Bonchev–Trinajstić information content (AvgIpc) is 2.77. The molecule has 1 fully saturated rings. The van der Waals surface area contributed by atoms with Crippen molar-refractivity contribution in [3.63, 3.8) is 0 Å². The Labute approximate surface area is 99.2 Å². The van der Waals surface area contributed by atoms with Crippen LogP contribution in [0.3, 0.4) is 0 Å². The van der Waals surface area contributed by atoms with Gasteiger partial charge < -0.3 is 10.1 Å². The highest BCUT2D eigenvalue weighted by atomic mass is 32.1. The van der Waals surface area contributed by atoms with Gasteiger partial charge in [0.1, 0.15) is 11.9 Å². The lowest BCUT2D eigenvalue weighted by atomic mass is 10.1. The fourth-order valence-electron chi connectivity index (χ4n) is 2.12. The van der Waals surface area contributed by atoms with Gasteiger partial charge in [-0.3, -0.25) is 0 Å². The first-order valence-electron chi connectivity index (χ1n) is 5.76. The lowest BCUT2D eigenvalue weighted by molar-refractivity contribution is 0.167. The van der Waals surface area contributed by atoms with Gasteiger partial charge in [-0.2, -0.15) is 0 Å². The van der Waals surface area contributed by atoms with Crippen LogP contribution < -0.4 is 10.1 Å². The van der Waals surface area contributed by atoms with Gasteiger partial charge in [-0.1, -0.05) is 0 Å². The molecule has 2 nitrogen and oxygen atoms in total. The molecule has 16 heavy (non-hydrogen) atoms. The van der Waals surface area contributed by atoms with E-state index < -0.39 is 0 Å². The van der Waals surface area contributed by atoms with Crippen molar-refractivity contribution in [2.45, 2.75) is 18.9 Å². The summed E-state index contributed by atoms with van der Waals surface area (Å²) < 4.78 is 7.28. The molecule has 0 spiro atoms. The number of benzene rings is 1.